The number of carbonyl (C=O) groups is 1. The molecule has 30 heavy (non-hydrogen) atoms. The Balaban J connectivity index is 1.63. The number of alkyl halides is 3. The van der Waals surface area contributed by atoms with Gasteiger partial charge in [-0.3, -0.25) is 14.0 Å². The second-order valence-electron chi connectivity index (χ2n) is 6.63. The quantitative estimate of drug-likeness (QED) is 0.509. The number of ether oxygens (including phenoxy) is 1. The molecular formula is C20H14F3N3O3S. The highest BCUT2D eigenvalue weighted by Gasteiger charge is 2.31. The number of fused-ring (bicyclic) bond motifs is 3. The van der Waals surface area contributed by atoms with E-state index in [1.54, 1.807) is 0 Å². The third kappa shape index (κ3) is 3.86. The third-order valence-electron chi connectivity index (χ3n) is 4.48. The molecule has 0 radical (unpaired) electrons. The molecule has 0 aliphatic carbocycles. The number of carbonyl (C=O) groups excluding carboxylic acids is 1. The van der Waals surface area contributed by atoms with E-state index in [1.807, 2.05) is 26.0 Å². The molecule has 4 rings (SSSR count). The predicted octanol–water partition coefficient (Wildman–Crippen LogP) is 4.68. The molecule has 0 unspecified atom stereocenters. The van der Waals surface area contributed by atoms with Crippen LogP contribution in [0.2, 0.25) is 0 Å². The van der Waals surface area contributed by atoms with Crippen LogP contribution in [-0.4, -0.2) is 21.7 Å². The minimum Gasteiger partial charge on any atom is -0.406 e. The molecular weight excluding hydrogens is 419 g/mol. The second-order valence-corrected chi connectivity index (χ2v) is 7.64. The Hall–Kier alpha value is -3.40. The SMILES string of the molecule is Cc1cc2nc3sc(C(=O)Nc4ccc(OC(F)(F)F)cc4)cc(=O)n3c2cc1C. The van der Waals surface area contributed by atoms with Gasteiger partial charge in [0, 0.05) is 11.8 Å². The summed E-state index contributed by atoms with van der Waals surface area (Å²) in [5.74, 6) is -0.968. The Kier molecular flexibility index (Phi) is 4.73. The first-order valence-corrected chi connectivity index (χ1v) is 9.53. The Morgan fingerprint density at radius 1 is 1.10 bits per heavy atom. The molecule has 154 valence electrons. The summed E-state index contributed by atoms with van der Waals surface area (Å²) in [5, 5.41) is 2.55. The van der Waals surface area contributed by atoms with Crippen LogP contribution in [0.3, 0.4) is 0 Å². The van der Waals surface area contributed by atoms with Gasteiger partial charge in [0.1, 0.15) is 10.6 Å². The minimum atomic E-state index is -4.79. The molecule has 6 nitrogen and oxygen atoms in total. The van der Waals surface area contributed by atoms with Crippen LogP contribution in [0.5, 0.6) is 5.75 Å². The summed E-state index contributed by atoms with van der Waals surface area (Å²) in [4.78, 5) is 30.2. The average molecular weight is 433 g/mol. The van der Waals surface area contributed by atoms with Gasteiger partial charge in [0.05, 0.1) is 11.0 Å². The topological polar surface area (TPSA) is 72.7 Å². The van der Waals surface area contributed by atoms with Crippen molar-refractivity contribution in [2.75, 3.05) is 5.32 Å². The largest absolute Gasteiger partial charge is 0.573 e. The van der Waals surface area contributed by atoms with E-state index in [-0.39, 0.29) is 10.6 Å². The normalized spacial score (nSPS) is 11.8. The smallest absolute Gasteiger partial charge is 0.406 e. The van der Waals surface area contributed by atoms with E-state index in [1.165, 1.54) is 22.6 Å². The van der Waals surface area contributed by atoms with Crippen LogP contribution in [-0.2, 0) is 0 Å². The number of benzene rings is 2. The number of amides is 1. The number of halogens is 3. The molecule has 1 N–H and O–H groups in total. The van der Waals surface area contributed by atoms with E-state index in [0.717, 1.165) is 34.6 Å². The van der Waals surface area contributed by atoms with E-state index >= 15 is 0 Å². The highest BCUT2D eigenvalue weighted by Crippen LogP contribution is 2.25. The summed E-state index contributed by atoms with van der Waals surface area (Å²) in [5.41, 5.74) is 3.25. The maximum Gasteiger partial charge on any atom is 0.573 e. The summed E-state index contributed by atoms with van der Waals surface area (Å²) in [6, 6.07) is 9.69. The van der Waals surface area contributed by atoms with Crippen molar-refractivity contribution in [2.24, 2.45) is 0 Å². The highest BCUT2D eigenvalue weighted by molar-refractivity contribution is 7.18. The van der Waals surface area contributed by atoms with Crippen LogP contribution in [0.15, 0.2) is 47.3 Å². The van der Waals surface area contributed by atoms with Crippen molar-refractivity contribution >= 4 is 38.9 Å². The minimum absolute atomic E-state index is 0.131. The number of hydrogen-bond donors (Lipinski definition) is 1. The van der Waals surface area contributed by atoms with E-state index in [9.17, 15) is 22.8 Å². The molecule has 0 aliphatic heterocycles. The van der Waals surface area contributed by atoms with Gasteiger partial charge >= 0.3 is 6.36 Å². The van der Waals surface area contributed by atoms with Crippen molar-refractivity contribution in [3.8, 4) is 5.75 Å². The number of nitrogens with zero attached hydrogens (tertiary/aromatic N) is 2. The first kappa shape index (κ1) is 19.9. The zero-order valence-electron chi connectivity index (χ0n) is 15.7. The van der Waals surface area contributed by atoms with E-state index in [2.05, 4.69) is 15.0 Å². The van der Waals surface area contributed by atoms with Gasteiger partial charge in [-0.05, 0) is 61.4 Å². The fourth-order valence-corrected chi connectivity index (χ4v) is 3.86. The standard InChI is InChI=1S/C20H14F3N3O3S/c1-10-7-14-15(8-11(10)2)26-17(27)9-16(30-19(26)25-14)18(28)24-12-3-5-13(6-4-12)29-20(21,22)23/h3-9H,1-2H3,(H,24,28). The number of anilines is 1. The van der Waals surface area contributed by atoms with Gasteiger partial charge in [-0.1, -0.05) is 11.3 Å². The zero-order chi connectivity index (χ0) is 21.6. The summed E-state index contributed by atoms with van der Waals surface area (Å²) in [6.07, 6.45) is -4.79. The van der Waals surface area contributed by atoms with E-state index in [4.69, 9.17) is 0 Å². The van der Waals surface area contributed by atoms with Crippen molar-refractivity contribution in [3.63, 3.8) is 0 Å². The summed E-state index contributed by atoms with van der Waals surface area (Å²) >= 11 is 1.04. The second kappa shape index (κ2) is 7.13. The number of hydrogen-bond acceptors (Lipinski definition) is 5. The molecule has 0 atom stereocenters. The number of imidazole rings is 1. The molecule has 2 aromatic carbocycles. The number of aromatic nitrogens is 2. The first-order valence-electron chi connectivity index (χ1n) is 8.71. The van der Waals surface area contributed by atoms with Crippen LogP contribution >= 0.6 is 11.3 Å². The Labute approximate surface area is 171 Å². The predicted molar refractivity (Wildman–Crippen MR) is 107 cm³/mol. The molecule has 0 fully saturated rings. The Morgan fingerprint density at radius 2 is 1.77 bits per heavy atom. The lowest BCUT2D eigenvalue weighted by Crippen LogP contribution is -2.18. The van der Waals surface area contributed by atoms with Crippen LogP contribution in [0.4, 0.5) is 18.9 Å². The number of nitrogens with one attached hydrogen (secondary N) is 1. The maximum absolute atomic E-state index is 12.6. The first-order chi connectivity index (χ1) is 14.1. The van der Waals surface area contributed by atoms with Gasteiger partial charge < -0.3 is 10.1 Å². The van der Waals surface area contributed by atoms with E-state index in [0.29, 0.717) is 16.0 Å². The van der Waals surface area contributed by atoms with Gasteiger partial charge in [0.2, 0.25) is 0 Å². The van der Waals surface area contributed by atoms with Crippen molar-refractivity contribution in [3.05, 3.63) is 68.8 Å². The fraction of sp³-hybridized carbons (Fsp3) is 0.150. The molecule has 0 spiro atoms. The molecule has 4 aromatic rings. The fourth-order valence-electron chi connectivity index (χ4n) is 2.94. The van der Waals surface area contributed by atoms with E-state index < -0.39 is 23.6 Å². The highest BCUT2D eigenvalue weighted by atomic mass is 32.1. The van der Waals surface area contributed by atoms with Crippen molar-refractivity contribution in [2.45, 2.75) is 20.2 Å². The van der Waals surface area contributed by atoms with Crippen LogP contribution < -0.4 is 15.6 Å². The Bertz CT molecular complexity index is 1340. The summed E-state index contributed by atoms with van der Waals surface area (Å²) in [6.45, 7) is 3.89. The lowest BCUT2D eigenvalue weighted by atomic mass is 10.1. The van der Waals surface area contributed by atoms with Crippen LogP contribution in [0.25, 0.3) is 16.0 Å². The molecule has 2 aromatic heterocycles. The molecule has 0 bridgehead atoms. The molecule has 10 heteroatoms. The molecule has 0 aliphatic rings. The van der Waals surface area contributed by atoms with Crippen molar-refractivity contribution in [1.29, 1.82) is 0 Å². The average Bonchev–Trinajstić information content (AvgIpc) is 3.00. The molecule has 1 amide bonds. The monoisotopic (exact) mass is 433 g/mol. The van der Waals surface area contributed by atoms with Gasteiger partial charge in [-0.15, -0.1) is 13.2 Å². The lowest BCUT2D eigenvalue weighted by Gasteiger charge is -2.09. The van der Waals surface area contributed by atoms with Gasteiger partial charge in [0.25, 0.3) is 11.5 Å². The van der Waals surface area contributed by atoms with Gasteiger partial charge in [-0.2, -0.15) is 0 Å². The molecule has 0 saturated heterocycles. The lowest BCUT2D eigenvalue weighted by molar-refractivity contribution is -0.274. The maximum atomic E-state index is 12.6. The summed E-state index contributed by atoms with van der Waals surface area (Å²) < 4.78 is 41.9. The molecule has 2 heterocycles. The van der Waals surface area contributed by atoms with Crippen LogP contribution in [0, 0.1) is 13.8 Å². The summed E-state index contributed by atoms with van der Waals surface area (Å²) in [7, 11) is 0. The number of rotatable bonds is 3. The van der Waals surface area contributed by atoms with Crippen LogP contribution in [0.1, 0.15) is 20.8 Å². The van der Waals surface area contributed by atoms with Gasteiger partial charge in [0.15, 0.2) is 4.96 Å². The van der Waals surface area contributed by atoms with Crippen molar-refractivity contribution in [1.82, 2.24) is 9.38 Å². The third-order valence-corrected chi connectivity index (χ3v) is 5.46. The zero-order valence-corrected chi connectivity index (χ0v) is 16.5. The number of aryl methyl sites for hydroxylation is 2. The Morgan fingerprint density at radius 3 is 2.43 bits per heavy atom. The van der Waals surface area contributed by atoms with Crippen molar-refractivity contribution < 1.29 is 22.7 Å². The molecule has 0 saturated carbocycles. The van der Waals surface area contributed by atoms with Gasteiger partial charge in [-0.25, -0.2) is 4.98 Å².